The van der Waals surface area contributed by atoms with Crippen molar-refractivity contribution in [2.45, 2.75) is 24.5 Å². The molecule has 1 aromatic heterocycles. The lowest BCUT2D eigenvalue weighted by atomic mass is 10.1. The molecule has 0 spiro atoms. The van der Waals surface area contributed by atoms with E-state index < -0.39 is 0 Å². The van der Waals surface area contributed by atoms with E-state index in [1.165, 1.54) is 25.0 Å². The van der Waals surface area contributed by atoms with Gasteiger partial charge in [0, 0.05) is 5.69 Å². The zero-order chi connectivity index (χ0) is 13.1. The quantitative estimate of drug-likeness (QED) is 0.807. The standard InChI is InChI=1S/C15H16N2S2/c18-14-10-12(11-6-2-1-3-7-11)16-15(17-14)13-8-4-5-9-19-13/h1-3,6-7,10,13H,4-5,8-9H2,(H,16,17,18). The molecule has 0 aliphatic carbocycles. The monoisotopic (exact) mass is 288 g/mol. The number of thioether (sulfide) groups is 1. The van der Waals surface area contributed by atoms with Crippen LogP contribution in [0.1, 0.15) is 30.3 Å². The summed E-state index contributed by atoms with van der Waals surface area (Å²) in [5.41, 5.74) is 2.24. The van der Waals surface area contributed by atoms with Gasteiger partial charge in [-0.25, -0.2) is 4.98 Å². The third-order valence-electron chi connectivity index (χ3n) is 3.33. The van der Waals surface area contributed by atoms with E-state index >= 15 is 0 Å². The van der Waals surface area contributed by atoms with E-state index in [9.17, 15) is 0 Å². The number of hydrogen-bond donors (Lipinski definition) is 1. The van der Waals surface area contributed by atoms with Crippen molar-refractivity contribution in [2.24, 2.45) is 0 Å². The molecule has 1 saturated heterocycles. The molecule has 1 aliphatic rings. The van der Waals surface area contributed by atoms with Crippen molar-refractivity contribution < 1.29 is 0 Å². The number of H-pyrrole nitrogens is 1. The van der Waals surface area contributed by atoms with Gasteiger partial charge in [-0.15, -0.1) is 0 Å². The van der Waals surface area contributed by atoms with Crippen LogP contribution < -0.4 is 0 Å². The van der Waals surface area contributed by atoms with E-state index in [0.29, 0.717) is 9.89 Å². The van der Waals surface area contributed by atoms with Gasteiger partial charge in [-0.1, -0.05) is 49.0 Å². The highest BCUT2D eigenvalue weighted by molar-refractivity contribution is 7.99. The molecule has 2 aromatic rings. The third kappa shape index (κ3) is 3.07. The Balaban J connectivity index is 1.98. The summed E-state index contributed by atoms with van der Waals surface area (Å²) in [6.07, 6.45) is 3.80. The van der Waals surface area contributed by atoms with Gasteiger partial charge in [0.25, 0.3) is 0 Å². The number of hydrogen-bond acceptors (Lipinski definition) is 3. The Morgan fingerprint density at radius 3 is 2.79 bits per heavy atom. The molecule has 0 saturated carbocycles. The van der Waals surface area contributed by atoms with Crippen LogP contribution in [0.2, 0.25) is 0 Å². The molecule has 2 nitrogen and oxygen atoms in total. The highest BCUT2D eigenvalue weighted by Crippen LogP contribution is 2.37. The first kappa shape index (κ1) is 12.9. The van der Waals surface area contributed by atoms with Crippen molar-refractivity contribution in [3.63, 3.8) is 0 Å². The zero-order valence-electron chi connectivity index (χ0n) is 10.6. The highest BCUT2D eigenvalue weighted by atomic mass is 32.2. The first-order chi connectivity index (χ1) is 9.33. The van der Waals surface area contributed by atoms with E-state index in [1.54, 1.807) is 0 Å². The molecule has 1 unspecified atom stereocenters. The largest absolute Gasteiger partial charge is 0.342 e. The highest BCUT2D eigenvalue weighted by Gasteiger charge is 2.18. The van der Waals surface area contributed by atoms with Gasteiger partial charge in [0.2, 0.25) is 0 Å². The molecule has 0 bridgehead atoms. The first-order valence-electron chi connectivity index (χ1n) is 6.61. The second-order valence-corrected chi connectivity index (χ2v) is 6.47. The van der Waals surface area contributed by atoms with Gasteiger partial charge in [0.1, 0.15) is 10.5 Å². The maximum Gasteiger partial charge on any atom is 0.130 e. The predicted octanol–water partition coefficient (Wildman–Crippen LogP) is 4.76. The first-order valence-corrected chi connectivity index (χ1v) is 8.07. The van der Waals surface area contributed by atoms with Gasteiger partial charge < -0.3 is 4.98 Å². The van der Waals surface area contributed by atoms with E-state index in [2.05, 4.69) is 22.1 Å². The Bertz CT molecular complexity index is 601. The summed E-state index contributed by atoms with van der Waals surface area (Å²) in [7, 11) is 0. The van der Waals surface area contributed by atoms with Gasteiger partial charge in [-0.3, -0.25) is 0 Å². The fourth-order valence-corrected chi connectivity index (χ4v) is 3.83. The van der Waals surface area contributed by atoms with Gasteiger partial charge in [0.15, 0.2) is 0 Å². The minimum atomic E-state index is 0.471. The van der Waals surface area contributed by atoms with Crippen molar-refractivity contribution in [1.82, 2.24) is 9.97 Å². The Labute approximate surface area is 122 Å². The van der Waals surface area contributed by atoms with Crippen molar-refractivity contribution in [3.8, 4) is 11.3 Å². The van der Waals surface area contributed by atoms with Crippen LogP contribution in [-0.2, 0) is 0 Å². The molecule has 0 radical (unpaired) electrons. The van der Waals surface area contributed by atoms with E-state index in [4.69, 9.17) is 12.2 Å². The molecule has 19 heavy (non-hydrogen) atoms. The number of nitrogens with zero attached hydrogens (tertiary/aromatic N) is 1. The van der Waals surface area contributed by atoms with Crippen LogP contribution in [0.4, 0.5) is 0 Å². The topological polar surface area (TPSA) is 28.7 Å². The van der Waals surface area contributed by atoms with Crippen LogP contribution in [0.3, 0.4) is 0 Å². The van der Waals surface area contributed by atoms with Crippen molar-refractivity contribution in [2.75, 3.05) is 5.75 Å². The third-order valence-corrected chi connectivity index (χ3v) is 4.93. The molecule has 1 fully saturated rings. The van der Waals surface area contributed by atoms with Crippen molar-refractivity contribution in [1.29, 1.82) is 0 Å². The average Bonchev–Trinajstić information content (AvgIpc) is 2.48. The molecular weight excluding hydrogens is 272 g/mol. The molecule has 2 heterocycles. The molecular formula is C15H16N2S2. The fraction of sp³-hybridized carbons (Fsp3) is 0.333. The molecule has 1 atom stereocenters. The summed E-state index contributed by atoms with van der Waals surface area (Å²) < 4.78 is 0.679. The number of nitrogens with one attached hydrogen (secondary N) is 1. The molecule has 1 aliphatic heterocycles. The normalized spacial score (nSPS) is 19.3. The van der Waals surface area contributed by atoms with Gasteiger partial charge in [0.05, 0.1) is 5.25 Å². The maximum atomic E-state index is 5.32. The Kier molecular flexibility index (Phi) is 3.99. The maximum absolute atomic E-state index is 5.32. The van der Waals surface area contributed by atoms with E-state index in [0.717, 1.165) is 17.1 Å². The predicted molar refractivity (Wildman–Crippen MR) is 83.9 cm³/mol. The number of benzene rings is 1. The Morgan fingerprint density at radius 1 is 1.21 bits per heavy atom. The van der Waals surface area contributed by atoms with Crippen LogP contribution in [0, 0.1) is 4.64 Å². The lowest BCUT2D eigenvalue weighted by molar-refractivity contribution is 0.662. The second kappa shape index (κ2) is 5.88. The van der Waals surface area contributed by atoms with E-state index in [1.807, 2.05) is 36.0 Å². The summed E-state index contributed by atoms with van der Waals surface area (Å²) in [5.74, 6) is 2.26. The van der Waals surface area contributed by atoms with Crippen LogP contribution in [-0.4, -0.2) is 15.7 Å². The molecule has 98 valence electrons. The summed E-state index contributed by atoms with van der Waals surface area (Å²) in [4.78, 5) is 7.99. The molecule has 0 amide bonds. The van der Waals surface area contributed by atoms with Crippen molar-refractivity contribution >= 4 is 24.0 Å². The summed E-state index contributed by atoms with van der Waals surface area (Å²) in [5, 5.41) is 0.471. The smallest absolute Gasteiger partial charge is 0.130 e. The summed E-state index contributed by atoms with van der Waals surface area (Å²) in [6.45, 7) is 0. The van der Waals surface area contributed by atoms with Crippen molar-refractivity contribution in [3.05, 3.63) is 46.9 Å². The van der Waals surface area contributed by atoms with Crippen LogP contribution in [0.15, 0.2) is 36.4 Å². The number of aromatic nitrogens is 2. The van der Waals surface area contributed by atoms with Gasteiger partial charge >= 0.3 is 0 Å². The average molecular weight is 288 g/mol. The van der Waals surface area contributed by atoms with Crippen LogP contribution >= 0.6 is 24.0 Å². The minimum absolute atomic E-state index is 0.471. The fourth-order valence-electron chi connectivity index (χ4n) is 2.36. The van der Waals surface area contributed by atoms with Crippen LogP contribution in [0.5, 0.6) is 0 Å². The lowest BCUT2D eigenvalue weighted by Crippen LogP contribution is -2.07. The number of aromatic amines is 1. The van der Waals surface area contributed by atoms with E-state index in [-0.39, 0.29) is 0 Å². The molecule has 3 rings (SSSR count). The molecule has 1 aromatic carbocycles. The van der Waals surface area contributed by atoms with Crippen LogP contribution in [0.25, 0.3) is 11.3 Å². The zero-order valence-corrected chi connectivity index (χ0v) is 12.3. The summed E-state index contributed by atoms with van der Waals surface area (Å²) in [6, 6.07) is 12.2. The second-order valence-electron chi connectivity index (χ2n) is 4.74. The number of rotatable bonds is 2. The summed E-state index contributed by atoms with van der Waals surface area (Å²) >= 11 is 7.30. The molecule has 4 heteroatoms. The minimum Gasteiger partial charge on any atom is -0.342 e. The lowest BCUT2D eigenvalue weighted by Gasteiger charge is -2.21. The molecule has 1 N–H and O–H groups in total. The van der Waals surface area contributed by atoms with Gasteiger partial charge in [-0.05, 0) is 30.2 Å². The Morgan fingerprint density at radius 2 is 2.05 bits per heavy atom. The Hall–Kier alpha value is -1.13. The SMILES string of the molecule is S=c1cc(-c2ccccc2)[nH]c(C2CCCCS2)n1. The van der Waals surface area contributed by atoms with Gasteiger partial charge in [-0.2, -0.15) is 11.8 Å².